The van der Waals surface area contributed by atoms with Gasteiger partial charge in [-0.3, -0.25) is 0 Å². The van der Waals surface area contributed by atoms with E-state index in [0.717, 1.165) is 0 Å². The predicted octanol–water partition coefficient (Wildman–Crippen LogP) is -0.623. The highest BCUT2D eigenvalue weighted by Crippen LogP contribution is 2.05. The van der Waals surface area contributed by atoms with Crippen molar-refractivity contribution in [2.75, 3.05) is 6.61 Å². The molecule has 0 aromatic carbocycles. The van der Waals surface area contributed by atoms with E-state index in [0.29, 0.717) is 5.82 Å². The summed E-state index contributed by atoms with van der Waals surface area (Å²) in [5.41, 5.74) is 0. The van der Waals surface area contributed by atoms with Crippen LogP contribution in [0.2, 0.25) is 0 Å². The van der Waals surface area contributed by atoms with Crippen molar-refractivity contribution in [3.8, 4) is 0 Å². The number of nitrogens with zero attached hydrogens (tertiary/aromatic N) is 1. The molecule has 1 aromatic rings. The van der Waals surface area contributed by atoms with Crippen LogP contribution >= 0.6 is 0 Å². The lowest BCUT2D eigenvalue weighted by molar-refractivity contribution is 0.265. The van der Waals surface area contributed by atoms with Gasteiger partial charge in [0.15, 0.2) is 5.03 Å². The second-order valence-corrected chi connectivity index (χ2v) is 4.72. The average molecular weight is 219 g/mol. The quantitative estimate of drug-likeness (QED) is 0.628. The lowest BCUT2D eigenvalue weighted by Gasteiger charge is -2.09. The first-order chi connectivity index (χ1) is 6.45. The molecule has 1 aromatic heterocycles. The molecule has 0 saturated carbocycles. The van der Waals surface area contributed by atoms with Crippen LogP contribution in [0.25, 0.3) is 0 Å². The zero-order valence-corrected chi connectivity index (χ0v) is 8.80. The first-order valence-corrected chi connectivity index (χ1v) is 5.59. The van der Waals surface area contributed by atoms with Gasteiger partial charge in [0.1, 0.15) is 5.82 Å². The van der Waals surface area contributed by atoms with E-state index in [1.54, 1.807) is 13.8 Å². The van der Waals surface area contributed by atoms with Crippen molar-refractivity contribution < 1.29 is 13.5 Å². The van der Waals surface area contributed by atoms with Crippen LogP contribution in [-0.4, -0.2) is 36.1 Å². The smallest absolute Gasteiger partial charge is 0.257 e. The van der Waals surface area contributed by atoms with Crippen LogP contribution in [0.15, 0.2) is 11.2 Å². The number of aryl methyl sites for hydroxylation is 1. The van der Waals surface area contributed by atoms with E-state index in [1.807, 2.05) is 0 Å². The highest BCUT2D eigenvalue weighted by atomic mass is 32.2. The number of hydrogen-bond donors (Lipinski definition) is 3. The zero-order valence-electron chi connectivity index (χ0n) is 7.98. The summed E-state index contributed by atoms with van der Waals surface area (Å²) in [6, 6.07) is -0.511. The van der Waals surface area contributed by atoms with Gasteiger partial charge in [0.05, 0.1) is 12.8 Å². The van der Waals surface area contributed by atoms with Gasteiger partial charge >= 0.3 is 0 Å². The minimum Gasteiger partial charge on any atom is -0.395 e. The number of aromatic nitrogens is 2. The molecule has 0 aliphatic carbocycles. The van der Waals surface area contributed by atoms with E-state index in [2.05, 4.69) is 14.7 Å². The Kier molecular flexibility index (Phi) is 3.25. The van der Waals surface area contributed by atoms with E-state index in [9.17, 15) is 8.42 Å². The maximum absolute atomic E-state index is 11.5. The summed E-state index contributed by atoms with van der Waals surface area (Å²) in [5, 5.41) is 8.71. The number of imidazole rings is 1. The number of hydrogen-bond acceptors (Lipinski definition) is 4. The maximum Gasteiger partial charge on any atom is 0.257 e. The molecule has 14 heavy (non-hydrogen) atoms. The molecule has 1 rings (SSSR count). The molecule has 0 bridgehead atoms. The molecule has 0 aliphatic rings. The number of H-pyrrole nitrogens is 1. The number of sulfonamides is 1. The highest BCUT2D eigenvalue weighted by molar-refractivity contribution is 7.89. The highest BCUT2D eigenvalue weighted by Gasteiger charge is 2.18. The van der Waals surface area contributed by atoms with Gasteiger partial charge < -0.3 is 10.1 Å². The van der Waals surface area contributed by atoms with E-state index >= 15 is 0 Å². The van der Waals surface area contributed by atoms with Crippen molar-refractivity contribution in [1.82, 2.24) is 14.7 Å². The molecule has 80 valence electrons. The summed E-state index contributed by atoms with van der Waals surface area (Å²) < 4.78 is 25.3. The fraction of sp³-hybridized carbons (Fsp3) is 0.571. The Labute approximate surface area is 82.4 Å². The van der Waals surface area contributed by atoms with Crippen LogP contribution in [0.5, 0.6) is 0 Å². The van der Waals surface area contributed by atoms with Crippen molar-refractivity contribution in [2.24, 2.45) is 0 Å². The first kappa shape index (κ1) is 11.2. The minimum atomic E-state index is -3.58. The Morgan fingerprint density at radius 2 is 2.36 bits per heavy atom. The van der Waals surface area contributed by atoms with Gasteiger partial charge in [0, 0.05) is 6.04 Å². The van der Waals surface area contributed by atoms with Crippen molar-refractivity contribution >= 4 is 10.0 Å². The molecule has 7 heteroatoms. The molecule has 0 saturated heterocycles. The summed E-state index contributed by atoms with van der Waals surface area (Å²) >= 11 is 0. The van der Waals surface area contributed by atoms with Gasteiger partial charge in [-0.05, 0) is 13.8 Å². The van der Waals surface area contributed by atoms with Gasteiger partial charge in [0.25, 0.3) is 10.0 Å². The van der Waals surface area contributed by atoms with Crippen LogP contribution in [-0.2, 0) is 10.0 Å². The molecule has 0 radical (unpaired) electrons. The third-order valence-corrected chi connectivity index (χ3v) is 3.10. The Bertz CT molecular complexity index is 398. The summed E-state index contributed by atoms with van der Waals surface area (Å²) in [6.07, 6.45) is 1.24. The fourth-order valence-corrected chi connectivity index (χ4v) is 2.11. The standard InChI is InChI=1S/C7H13N3O3S/c1-5(4-11)10-14(12,13)7-3-8-6(2)9-7/h3,5,10-11H,4H2,1-2H3,(H,8,9)/t5-/m1/s1. The Morgan fingerprint density at radius 1 is 1.71 bits per heavy atom. The van der Waals surface area contributed by atoms with Crippen molar-refractivity contribution in [2.45, 2.75) is 24.9 Å². The molecule has 0 amide bonds. The van der Waals surface area contributed by atoms with Crippen molar-refractivity contribution in [3.05, 3.63) is 12.0 Å². The molecule has 0 aliphatic heterocycles. The van der Waals surface area contributed by atoms with Gasteiger partial charge in [-0.2, -0.15) is 0 Å². The van der Waals surface area contributed by atoms with Crippen LogP contribution < -0.4 is 4.72 Å². The van der Waals surface area contributed by atoms with Crippen molar-refractivity contribution in [3.63, 3.8) is 0 Å². The minimum absolute atomic E-state index is 0.00954. The third-order valence-electron chi connectivity index (χ3n) is 1.60. The number of aliphatic hydroxyl groups excluding tert-OH is 1. The molecular weight excluding hydrogens is 206 g/mol. The summed E-state index contributed by atoms with van der Waals surface area (Å²) in [4.78, 5) is 6.38. The van der Waals surface area contributed by atoms with E-state index < -0.39 is 16.1 Å². The maximum atomic E-state index is 11.5. The molecular formula is C7H13N3O3S. The van der Waals surface area contributed by atoms with Crippen LogP contribution in [0.3, 0.4) is 0 Å². The van der Waals surface area contributed by atoms with Gasteiger partial charge in [-0.25, -0.2) is 18.1 Å². The van der Waals surface area contributed by atoms with E-state index in [1.165, 1.54) is 6.20 Å². The van der Waals surface area contributed by atoms with Gasteiger partial charge in [-0.1, -0.05) is 0 Å². The molecule has 3 N–H and O–H groups in total. The molecule has 0 unspecified atom stereocenters. The van der Waals surface area contributed by atoms with Gasteiger partial charge in [-0.15, -0.1) is 0 Å². The lowest BCUT2D eigenvalue weighted by Crippen LogP contribution is -2.35. The number of nitrogens with one attached hydrogen (secondary N) is 2. The molecule has 0 spiro atoms. The molecule has 1 heterocycles. The van der Waals surface area contributed by atoms with Crippen LogP contribution in [0.4, 0.5) is 0 Å². The van der Waals surface area contributed by atoms with E-state index in [-0.39, 0.29) is 11.6 Å². The normalized spacial score (nSPS) is 14.2. The summed E-state index contributed by atoms with van der Waals surface area (Å²) in [5.74, 6) is 0.530. The van der Waals surface area contributed by atoms with Crippen molar-refractivity contribution in [1.29, 1.82) is 0 Å². The topological polar surface area (TPSA) is 95.1 Å². The second kappa shape index (κ2) is 4.07. The lowest BCUT2D eigenvalue weighted by atomic mass is 10.4. The Balaban J connectivity index is 2.86. The number of aliphatic hydroxyl groups is 1. The molecule has 1 atom stereocenters. The molecule has 6 nitrogen and oxygen atoms in total. The summed E-state index contributed by atoms with van der Waals surface area (Å²) in [6.45, 7) is 2.99. The first-order valence-electron chi connectivity index (χ1n) is 4.10. The van der Waals surface area contributed by atoms with Crippen LogP contribution in [0.1, 0.15) is 12.7 Å². The number of aromatic amines is 1. The Hall–Kier alpha value is -0.920. The van der Waals surface area contributed by atoms with Crippen LogP contribution in [0, 0.1) is 6.92 Å². The number of rotatable bonds is 4. The third kappa shape index (κ3) is 2.53. The predicted molar refractivity (Wildman–Crippen MR) is 50.2 cm³/mol. The fourth-order valence-electron chi connectivity index (χ4n) is 0.900. The van der Waals surface area contributed by atoms with Gasteiger partial charge in [0.2, 0.25) is 0 Å². The largest absolute Gasteiger partial charge is 0.395 e. The summed E-state index contributed by atoms with van der Waals surface area (Å²) in [7, 11) is -3.58. The zero-order chi connectivity index (χ0) is 10.8. The molecule has 0 fully saturated rings. The Morgan fingerprint density at radius 3 is 2.79 bits per heavy atom. The average Bonchev–Trinajstić information content (AvgIpc) is 2.51. The SMILES string of the molecule is Cc1ncc(S(=O)(=O)N[C@H](C)CO)[nH]1. The monoisotopic (exact) mass is 219 g/mol. The van der Waals surface area contributed by atoms with E-state index in [4.69, 9.17) is 5.11 Å². The second-order valence-electron chi connectivity index (χ2n) is 3.04.